The van der Waals surface area contributed by atoms with Gasteiger partial charge >= 0.3 is 0 Å². The monoisotopic (exact) mass is 272 g/mol. The summed E-state index contributed by atoms with van der Waals surface area (Å²) in [7, 11) is 0. The first-order chi connectivity index (χ1) is 9.72. The van der Waals surface area contributed by atoms with E-state index < -0.39 is 0 Å². The molecule has 2 rings (SSSR count). The summed E-state index contributed by atoms with van der Waals surface area (Å²) in [6.07, 6.45) is 0.395. The van der Waals surface area contributed by atoms with Gasteiger partial charge < -0.3 is 10.6 Å². The fourth-order valence-corrected chi connectivity index (χ4v) is 2.21. The van der Waals surface area contributed by atoms with E-state index in [1.54, 1.807) is 0 Å². The van der Waals surface area contributed by atoms with E-state index in [1.807, 2.05) is 24.3 Å². The van der Waals surface area contributed by atoms with Crippen molar-refractivity contribution in [2.45, 2.75) is 19.4 Å². The highest BCUT2D eigenvalue weighted by Gasteiger charge is 2.24. The van der Waals surface area contributed by atoms with Crippen molar-refractivity contribution in [3.05, 3.63) is 29.8 Å². The largest absolute Gasteiger partial charge is 0.325 e. The Morgan fingerprint density at radius 2 is 2.15 bits per heavy atom. The molecule has 1 saturated heterocycles. The minimum atomic E-state index is 0.00628. The van der Waals surface area contributed by atoms with Crippen molar-refractivity contribution in [2.75, 3.05) is 31.5 Å². The second-order valence-electron chi connectivity index (χ2n) is 4.96. The van der Waals surface area contributed by atoms with Crippen molar-refractivity contribution in [1.82, 2.24) is 10.2 Å². The summed E-state index contributed by atoms with van der Waals surface area (Å²) in [5.41, 5.74) is 1.74. The number of hydrogen-bond donors (Lipinski definition) is 2. The number of likely N-dealkylation sites (N-methyl/N-ethyl adjacent to an activating group) is 1. The molecule has 0 saturated carbocycles. The first-order valence-electron chi connectivity index (χ1n) is 6.93. The molecule has 20 heavy (non-hydrogen) atoms. The van der Waals surface area contributed by atoms with Gasteiger partial charge in [-0.3, -0.25) is 9.69 Å². The van der Waals surface area contributed by atoms with E-state index >= 15 is 0 Å². The number of nitrogens with zero attached hydrogens (tertiary/aromatic N) is 2. The van der Waals surface area contributed by atoms with Crippen molar-refractivity contribution in [3.8, 4) is 6.07 Å². The molecule has 5 heteroatoms. The Bertz CT molecular complexity index is 488. The fourth-order valence-electron chi connectivity index (χ4n) is 2.21. The van der Waals surface area contributed by atoms with Crippen LogP contribution in [0.4, 0.5) is 5.69 Å². The third-order valence-electron chi connectivity index (χ3n) is 3.55. The zero-order valence-corrected chi connectivity index (χ0v) is 11.7. The lowest BCUT2D eigenvalue weighted by Crippen LogP contribution is -2.58. The molecule has 1 amide bonds. The van der Waals surface area contributed by atoms with Crippen molar-refractivity contribution >= 4 is 11.6 Å². The van der Waals surface area contributed by atoms with Crippen molar-refractivity contribution < 1.29 is 4.79 Å². The number of nitrogens with one attached hydrogen (secondary N) is 2. The Morgan fingerprint density at radius 3 is 2.65 bits per heavy atom. The number of rotatable bonds is 6. The standard InChI is InChI=1S/C15H20N4O/c1-2-19(14-9-17-10-14)11-15(20)18-13-5-3-12(4-6-13)7-8-16/h3-6,14,17H,2,7,9-11H2,1H3,(H,18,20). The van der Waals surface area contributed by atoms with Gasteiger partial charge in [0.2, 0.25) is 5.91 Å². The Morgan fingerprint density at radius 1 is 1.45 bits per heavy atom. The van der Waals surface area contributed by atoms with Crippen LogP contribution in [-0.4, -0.2) is 43.0 Å². The summed E-state index contributed by atoms with van der Waals surface area (Å²) < 4.78 is 0. The van der Waals surface area contributed by atoms with Crippen LogP contribution in [0, 0.1) is 11.3 Å². The molecule has 1 aromatic carbocycles. The highest BCUT2D eigenvalue weighted by molar-refractivity contribution is 5.92. The van der Waals surface area contributed by atoms with Crippen molar-refractivity contribution in [2.24, 2.45) is 0 Å². The van der Waals surface area contributed by atoms with Crippen LogP contribution in [-0.2, 0) is 11.2 Å². The van der Waals surface area contributed by atoms with Crippen molar-refractivity contribution in [3.63, 3.8) is 0 Å². The molecule has 1 heterocycles. The molecule has 5 nitrogen and oxygen atoms in total. The third kappa shape index (κ3) is 3.80. The predicted molar refractivity (Wildman–Crippen MR) is 78.3 cm³/mol. The number of anilines is 1. The van der Waals surface area contributed by atoms with Crippen LogP contribution in [0.5, 0.6) is 0 Å². The van der Waals surface area contributed by atoms with E-state index in [-0.39, 0.29) is 5.91 Å². The minimum Gasteiger partial charge on any atom is -0.325 e. The average Bonchev–Trinajstić information content (AvgIpc) is 2.38. The molecule has 2 N–H and O–H groups in total. The maximum Gasteiger partial charge on any atom is 0.238 e. The van der Waals surface area contributed by atoms with Gasteiger partial charge in [-0.05, 0) is 24.2 Å². The van der Waals surface area contributed by atoms with E-state index in [0.717, 1.165) is 30.9 Å². The van der Waals surface area contributed by atoms with Crippen LogP contribution in [0.25, 0.3) is 0 Å². The second kappa shape index (κ2) is 7.04. The Labute approximate surface area is 119 Å². The minimum absolute atomic E-state index is 0.00628. The lowest BCUT2D eigenvalue weighted by molar-refractivity contribution is -0.118. The van der Waals surface area contributed by atoms with Gasteiger partial charge in [0, 0.05) is 24.8 Å². The molecule has 106 valence electrons. The summed E-state index contributed by atoms with van der Waals surface area (Å²) in [4.78, 5) is 14.2. The lowest BCUT2D eigenvalue weighted by Gasteiger charge is -2.37. The van der Waals surface area contributed by atoms with Crippen LogP contribution >= 0.6 is 0 Å². The molecule has 0 unspecified atom stereocenters. The van der Waals surface area contributed by atoms with Gasteiger partial charge in [-0.1, -0.05) is 19.1 Å². The number of nitriles is 1. The van der Waals surface area contributed by atoms with Gasteiger partial charge in [0.1, 0.15) is 0 Å². The Hall–Kier alpha value is -1.90. The Balaban J connectivity index is 1.85. The summed E-state index contributed by atoms with van der Waals surface area (Å²) in [6, 6.07) is 9.99. The predicted octanol–water partition coefficient (Wildman–Crippen LogP) is 0.985. The second-order valence-corrected chi connectivity index (χ2v) is 4.96. The van der Waals surface area contributed by atoms with Gasteiger partial charge in [0.15, 0.2) is 0 Å². The van der Waals surface area contributed by atoms with E-state index in [0.29, 0.717) is 19.0 Å². The number of hydrogen-bond acceptors (Lipinski definition) is 4. The van der Waals surface area contributed by atoms with Gasteiger partial charge in [0.25, 0.3) is 0 Å². The summed E-state index contributed by atoms with van der Waals surface area (Å²) in [5, 5.41) is 14.7. The molecule has 1 aromatic rings. The summed E-state index contributed by atoms with van der Waals surface area (Å²) in [5.74, 6) is 0.00628. The average molecular weight is 272 g/mol. The van der Waals surface area contributed by atoms with Crippen LogP contribution in [0.3, 0.4) is 0 Å². The van der Waals surface area contributed by atoms with Crippen LogP contribution in [0.1, 0.15) is 12.5 Å². The highest BCUT2D eigenvalue weighted by Crippen LogP contribution is 2.11. The molecule has 0 aliphatic carbocycles. The molecule has 0 aromatic heterocycles. The van der Waals surface area contributed by atoms with E-state index in [4.69, 9.17) is 5.26 Å². The molecule has 0 radical (unpaired) electrons. The van der Waals surface area contributed by atoms with E-state index in [1.165, 1.54) is 0 Å². The van der Waals surface area contributed by atoms with Gasteiger partial charge in [-0.15, -0.1) is 0 Å². The van der Waals surface area contributed by atoms with E-state index in [9.17, 15) is 4.79 Å². The third-order valence-corrected chi connectivity index (χ3v) is 3.55. The molecule has 0 atom stereocenters. The molecule has 1 aliphatic heterocycles. The SMILES string of the molecule is CCN(CC(=O)Nc1ccc(CC#N)cc1)C1CNC1. The molecule has 0 bridgehead atoms. The van der Waals surface area contributed by atoms with E-state index in [2.05, 4.69) is 28.5 Å². The zero-order valence-electron chi connectivity index (χ0n) is 11.7. The first-order valence-corrected chi connectivity index (χ1v) is 6.93. The first kappa shape index (κ1) is 14.5. The molecular weight excluding hydrogens is 252 g/mol. The highest BCUT2D eigenvalue weighted by atomic mass is 16.2. The van der Waals surface area contributed by atoms with Gasteiger partial charge in [-0.2, -0.15) is 5.26 Å². The number of carbonyl (C=O) groups excluding carboxylic acids is 1. The van der Waals surface area contributed by atoms with Gasteiger partial charge in [0.05, 0.1) is 19.0 Å². The number of carbonyl (C=O) groups is 1. The van der Waals surface area contributed by atoms with Crippen molar-refractivity contribution in [1.29, 1.82) is 5.26 Å². The normalized spacial score (nSPS) is 14.7. The van der Waals surface area contributed by atoms with Crippen LogP contribution in [0.15, 0.2) is 24.3 Å². The van der Waals surface area contributed by atoms with Gasteiger partial charge in [-0.25, -0.2) is 0 Å². The maximum absolute atomic E-state index is 12.0. The molecular formula is C15H20N4O. The molecule has 1 aliphatic rings. The summed E-state index contributed by atoms with van der Waals surface area (Å²) >= 11 is 0. The maximum atomic E-state index is 12.0. The quantitative estimate of drug-likeness (QED) is 0.810. The van der Waals surface area contributed by atoms with Crippen LogP contribution < -0.4 is 10.6 Å². The van der Waals surface area contributed by atoms with Crippen LogP contribution in [0.2, 0.25) is 0 Å². The topological polar surface area (TPSA) is 68.2 Å². The number of benzene rings is 1. The molecule has 1 fully saturated rings. The summed E-state index contributed by atoms with van der Waals surface area (Å²) in [6.45, 7) is 5.29. The Kier molecular flexibility index (Phi) is 5.10. The zero-order chi connectivity index (χ0) is 14.4. The lowest BCUT2D eigenvalue weighted by atomic mass is 10.1. The smallest absolute Gasteiger partial charge is 0.238 e. The molecule has 0 spiro atoms. The fraction of sp³-hybridized carbons (Fsp3) is 0.467. The number of amides is 1.